The Bertz CT molecular complexity index is 465. The molecule has 36 heavy (non-hydrogen) atoms. The first-order valence-corrected chi connectivity index (χ1v) is 18.0. The molecule has 4 N–H and O–H groups in total. The molecular weight excluding hydrogens is 522 g/mol. The highest BCUT2D eigenvalue weighted by molar-refractivity contribution is 7.72. The van der Waals surface area contributed by atoms with Crippen molar-refractivity contribution in [2.45, 2.75) is 123 Å². The fourth-order valence-electron chi connectivity index (χ4n) is 3.50. The van der Waals surface area contributed by atoms with Gasteiger partial charge in [-0.25, -0.2) is 0 Å². The van der Waals surface area contributed by atoms with Gasteiger partial charge in [0.25, 0.3) is 0 Å². The average Bonchev–Trinajstić information content (AvgIpc) is 2.82. The molecule has 8 nitrogen and oxygen atoms in total. The van der Waals surface area contributed by atoms with Crippen LogP contribution in [0.25, 0.3) is 0 Å². The van der Waals surface area contributed by atoms with E-state index in [2.05, 4.69) is 53.1 Å². The maximum absolute atomic E-state index is 9.90. The fourth-order valence-corrected chi connectivity index (χ4v) is 4.97. The molecule has 0 saturated carbocycles. The van der Waals surface area contributed by atoms with E-state index in [1.165, 1.54) is 116 Å². The number of halogens is 1. The van der Waals surface area contributed by atoms with Crippen molar-refractivity contribution in [2.24, 2.45) is 0 Å². The fraction of sp³-hybridized carbons (Fsp3) is 1.00. The lowest BCUT2D eigenvalue weighted by Crippen LogP contribution is -3.12. The minimum absolute atomic E-state index is 1.35. The van der Waals surface area contributed by atoms with Crippen LogP contribution in [0.5, 0.6) is 0 Å². The molecule has 0 rings (SSSR count). The summed E-state index contributed by atoms with van der Waals surface area (Å²) in [5, 5.41) is 0. The molecule has 0 amide bonds. The van der Waals surface area contributed by atoms with Gasteiger partial charge in [-0.05, 0) is 38.5 Å². The molecule has 0 aliphatic heterocycles. The Balaban J connectivity index is -0.000000459. The van der Waals surface area contributed by atoms with Crippen LogP contribution in [0.15, 0.2) is 0 Å². The van der Waals surface area contributed by atoms with Crippen LogP contribution in [0.4, 0.5) is 0 Å². The van der Waals surface area contributed by atoms with E-state index in [4.69, 9.17) is 9.79 Å². The van der Waals surface area contributed by atoms with E-state index in [1.54, 1.807) is 0 Å². The molecule has 11 heteroatoms. The van der Waals surface area contributed by atoms with E-state index in [9.17, 15) is 18.9 Å². The predicted octanol–water partition coefficient (Wildman–Crippen LogP) is 3.14. The summed E-state index contributed by atoms with van der Waals surface area (Å²) in [6.07, 6.45) is 16.5. The smallest absolute Gasteiger partial charge is 0.161 e. The summed E-state index contributed by atoms with van der Waals surface area (Å²) in [4.78, 5) is 36.7. The summed E-state index contributed by atoms with van der Waals surface area (Å²) in [5.74, 6) is 0. The van der Waals surface area contributed by atoms with Crippen LogP contribution < -0.4 is 19.6 Å². The molecule has 0 spiro atoms. The largest absolute Gasteiger partial charge is 0.777 e. The number of nitrogens with one attached hydrogen (secondary N) is 2. The van der Waals surface area contributed by atoms with Crippen molar-refractivity contribution in [3.05, 3.63) is 0 Å². The standard InChI is InChI=1S/2C12H27N.CH5ClO6P2/c2*1-4-7-10-13(11-8-5-2)12-9-6-3;2-1(9(3,4)5)10(6,7)8/h2*4-12H2,1-3H3;1H,(H2,3,4,5)(H2,6,7,8). The van der Waals surface area contributed by atoms with Gasteiger partial charge in [0.15, 0.2) is 20.1 Å². The zero-order valence-corrected chi connectivity index (χ0v) is 26.6. The van der Waals surface area contributed by atoms with E-state index < -0.39 is 20.1 Å². The summed E-state index contributed by atoms with van der Waals surface area (Å²) in [6.45, 7) is 22.1. The van der Waals surface area contributed by atoms with Crippen molar-refractivity contribution in [2.75, 3.05) is 39.3 Å². The zero-order valence-electron chi connectivity index (χ0n) is 24.1. The number of hydrogen-bond acceptors (Lipinski definition) is 4. The second kappa shape index (κ2) is 27.1. The third-order valence-electron chi connectivity index (χ3n) is 5.84. The summed E-state index contributed by atoms with van der Waals surface area (Å²) >= 11 is 4.58. The maximum Gasteiger partial charge on any atom is 0.161 e. The molecular formula is C25H59ClN2O6P2. The van der Waals surface area contributed by atoms with E-state index in [1.807, 2.05) is 9.80 Å². The van der Waals surface area contributed by atoms with Crippen LogP contribution >= 0.6 is 26.8 Å². The molecule has 2 unspecified atom stereocenters. The van der Waals surface area contributed by atoms with Gasteiger partial charge < -0.3 is 38.5 Å². The molecule has 0 radical (unpaired) electrons. The second-order valence-electron chi connectivity index (χ2n) is 9.56. The lowest BCUT2D eigenvalue weighted by atomic mass is 10.2. The monoisotopic (exact) mass is 580 g/mol. The maximum atomic E-state index is 9.90. The minimum atomic E-state index is -5.19. The second-order valence-corrected chi connectivity index (χ2v) is 14.3. The number of hydrogen-bond donors (Lipinski definition) is 4. The Morgan fingerprint density at radius 2 is 0.722 bits per heavy atom. The molecule has 0 fully saturated rings. The molecule has 0 heterocycles. The number of rotatable bonds is 20. The molecule has 0 aromatic carbocycles. The third kappa shape index (κ3) is 29.1. The molecule has 0 aromatic rings. The average molecular weight is 581 g/mol. The van der Waals surface area contributed by atoms with Gasteiger partial charge in [-0.1, -0.05) is 80.1 Å². The van der Waals surface area contributed by atoms with Gasteiger partial charge in [-0.3, -0.25) is 0 Å². The van der Waals surface area contributed by atoms with Gasteiger partial charge in [0, 0.05) is 0 Å². The van der Waals surface area contributed by atoms with Crippen LogP contribution in [-0.4, -0.2) is 53.9 Å². The zero-order chi connectivity index (χ0) is 28.5. The quantitative estimate of drug-likeness (QED) is 0.129. The highest BCUT2D eigenvalue weighted by atomic mass is 35.5. The van der Waals surface area contributed by atoms with E-state index in [-0.39, 0.29) is 0 Å². The van der Waals surface area contributed by atoms with E-state index in [0.717, 1.165) is 0 Å². The molecule has 0 aliphatic carbocycles. The van der Waals surface area contributed by atoms with Crippen LogP contribution in [0.3, 0.4) is 0 Å². The Hall–Kier alpha value is 0.510. The first-order valence-electron chi connectivity index (χ1n) is 14.2. The summed E-state index contributed by atoms with van der Waals surface area (Å²) < 4.78 is 19.8. The topological polar surface area (TPSA) is 130 Å². The van der Waals surface area contributed by atoms with Gasteiger partial charge in [-0.15, -0.1) is 11.6 Å². The predicted molar refractivity (Wildman–Crippen MR) is 150 cm³/mol. The van der Waals surface area contributed by atoms with Crippen molar-refractivity contribution < 1.29 is 38.5 Å². The Kier molecular flexibility index (Phi) is 30.9. The third-order valence-corrected chi connectivity index (χ3v) is 10.1. The highest BCUT2D eigenvalue weighted by Gasteiger charge is 2.26. The number of unbranched alkanes of at least 4 members (excludes halogenated alkanes) is 6. The highest BCUT2D eigenvalue weighted by Crippen LogP contribution is 2.57. The Labute approximate surface area is 227 Å². The summed E-state index contributed by atoms with van der Waals surface area (Å²) in [5.41, 5.74) is 0. The van der Waals surface area contributed by atoms with Crippen LogP contribution in [0, 0.1) is 0 Å². The van der Waals surface area contributed by atoms with E-state index in [0.29, 0.717) is 0 Å². The number of quaternary nitrogens is 2. The molecule has 0 bridgehead atoms. The molecule has 0 aromatic heterocycles. The lowest BCUT2D eigenvalue weighted by Gasteiger charge is -2.28. The Morgan fingerprint density at radius 1 is 0.556 bits per heavy atom. The molecule has 0 aliphatic rings. The SMILES string of the molecule is CCCC[NH+](CCCC)CCCC.CCCC[NH+](CCCC)CCCC.O=P([O-])(O)C(Cl)P(=O)([O-])O. The van der Waals surface area contributed by atoms with Crippen molar-refractivity contribution in [1.82, 2.24) is 0 Å². The van der Waals surface area contributed by atoms with Crippen LogP contribution in [0.1, 0.15) is 119 Å². The molecule has 222 valence electrons. The van der Waals surface area contributed by atoms with Gasteiger partial charge >= 0.3 is 0 Å². The van der Waals surface area contributed by atoms with Crippen molar-refractivity contribution in [1.29, 1.82) is 0 Å². The molecule has 2 atom stereocenters. The first kappa shape index (κ1) is 41.0. The summed E-state index contributed by atoms with van der Waals surface area (Å²) in [6, 6.07) is 0. The summed E-state index contributed by atoms with van der Waals surface area (Å²) in [7, 11) is -10.4. The van der Waals surface area contributed by atoms with Gasteiger partial charge in [0.05, 0.1) is 39.3 Å². The lowest BCUT2D eigenvalue weighted by molar-refractivity contribution is -0.900. The van der Waals surface area contributed by atoms with Gasteiger partial charge in [0.1, 0.15) is 0 Å². The van der Waals surface area contributed by atoms with Crippen molar-refractivity contribution in [3.63, 3.8) is 0 Å². The molecule has 0 saturated heterocycles. The van der Waals surface area contributed by atoms with Gasteiger partial charge in [-0.2, -0.15) is 0 Å². The van der Waals surface area contributed by atoms with Crippen LogP contribution in [-0.2, 0) is 9.13 Å². The first-order chi connectivity index (χ1) is 16.8. The van der Waals surface area contributed by atoms with Crippen molar-refractivity contribution in [3.8, 4) is 0 Å². The van der Waals surface area contributed by atoms with E-state index >= 15 is 0 Å². The van der Waals surface area contributed by atoms with Crippen molar-refractivity contribution >= 4 is 26.8 Å². The number of alkyl halides is 1. The van der Waals surface area contributed by atoms with Gasteiger partial charge in [0.2, 0.25) is 0 Å². The normalized spacial score (nSPS) is 15.4. The van der Waals surface area contributed by atoms with Crippen LogP contribution in [0.2, 0.25) is 0 Å². The minimum Gasteiger partial charge on any atom is -0.777 e. The Morgan fingerprint density at radius 3 is 0.806 bits per heavy atom.